The van der Waals surface area contributed by atoms with Crippen LogP contribution in [0.4, 0.5) is 17.1 Å². The number of non-ortho nitro benzene ring substituents is 1. The number of nitro groups is 1. The van der Waals surface area contributed by atoms with E-state index in [1.807, 2.05) is 24.3 Å². The summed E-state index contributed by atoms with van der Waals surface area (Å²) < 4.78 is 10.6. The van der Waals surface area contributed by atoms with Crippen molar-refractivity contribution in [2.24, 2.45) is 5.92 Å². The van der Waals surface area contributed by atoms with Gasteiger partial charge in [-0.1, -0.05) is 6.92 Å². The van der Waals surface area contributed by atoms with Crippen molar-refractivity contribution in [3.8, 4) is 11.5 Å². The number of hydrogen-bond acceptors (Lipinski definition) is 6. The zero-order valence-corrected chi connectivity index (χ0v) is 16.6. The van der Waals surface area contributed by atoms with Crippen molar-refractivity contribution in [3.05, 3.63) is 52.6 Å². The van der Waals surface area contributed by atoms with Gasteiger partial charge in [-0.25, -0.2) is 0 Å². The van der Waals surface area contributed by atoms with Crippen LogP contribution in [0, 0.1) is 16.0 Å². The number of hydrogen-bond donors (Lipinski definition) is 1. The largest absolute Gasteiger partial charge is 0.493 e. The number of benzene rings is 2. The first-order valence-corrected chi connectivity index (χ1v) is 9.56. The monoisotopic (exact) mass is 399 g/mol. The Morgan fingerprint density at radius 2 is 1.86 bits per heavy atom. The molecule has 2 aromatic carbocycles. The van der Waals surface area contributed by atoms with E-state index in [2.05, 4.69) is 17.1 Å². The van der Waals surface area contributed by atoms with Gasteiger partial charge in [0.2, 0.25) is 0 Å². The maximum atomic E-state index is 12.2. The van der Waals surface area contributed by atoms with Crippen molar-refractivity contribution in [2.75, 3.05) is 37.0 Å². The molecule has 0 radical (unpaired) electrons. The average Bonchev–Trinajstić information content (AvgIpc) is 2.73. The molecular formula is C21H25N3O5. The number of carbonyl (C=O) groups excluding carboxylic acids is 1. The van der Waals surface area contributed by atoms with Gasteiger partial charge < -0.3 is 19.7 Å². The number of piperidine rings is 1. The molecule has 3 rings (SSSR count). The van der Waals surface area contributed by atoms with Crippen LogP contribution < -0.4 is 19.7 Å². The molecule has 0 bridgehead atoms. The van der Waals surface area contributed by atoms with Gasteiger partial charge in [0.25, 0.3) is 11.6 Å². The molecule has 8 heteroatoms. The summed E-state index contributed by atoms with van der Waals surface area (Å²) >= 11 is 0. The fourth-order valence-electron chi connectivity index (χ4n) is 3.25. The van der Waals surface area contributed by atoms with E-state index in [1.165, 1.54) is 38.2 Å². The summed E-state index contributed by atoms with van der Waals surface area (Å²) in [4.78, 5) is 24.9. The minimum absolute atomic E-state index is 0.135. The maximum Gasteiger partial charge on any atom is 0.273 e. The first-order chi connectivity index (χ1) is 14.0. The standard InChI is InChI=1S/C21H25N3O5/c1-15-9-11-23(12-10-15)17-5-3-16(4-6-17)22-21(25)14-29-20-13-18(24(26)27)7-8-19(20)28-2/h3-8,13,15H,9-12,14H2,1-2H3,(H,22,25). The first-order valence-electron chi connectivity index (χ1n) is 9.56. The molecule has 29 heavy (non-hydrogen) atoms. The molecule has 2 aromatic rings. The van der Waals surface area contributed by atoms with Crippen molar-refractivity contribution >= 4 is 23.0 Å². The smallest absolute Gasteiger partial charge is 0.273 e. The van der Waals surface area contributed by atoms with Crippen molar-refractivity contribution < 1.29 is 19.2 Å². The molecular weight excluding hydrogens is 374 g/mol. The van der Waals surface area contributed by atoms with Crippen LogP contribution in [-0.2, 0) is 4.79 Å². The highest BCUT2D eigenvalue weighted by molar-refractivity contribution is 5.92. The highest BCUT2D eigenvalue weighted by Gasteiger charge is 2.16. The molecule has 1 heterocycles. The Bertz CT molecular complexity index is 861. The molecule has 0 aromatic heterocycles. The third-order valence-electron chi connectivity index (χ3n) is 5.02. The Morgan fingerprint density at radius 3 is 2.48 bits per heavy atom. The van der Waals surface area contributed by atoms with E-state index in [1.54, 1.807) is 0 Å². The van der Waals surface area contributed by atoms with Gasteiger partial charge in [0.1, 0.15) is 0 Å². The zero-order valence-electron chi connectivity index (χ0n) is 16.6. The van der Waals surface area contributed by atoms with Crippen LogP contribution in [0.15, 0.2) is 42.5 Å². The number of methoxy groups -OCH3 is 1. The second-order valence-corrected chi connectivity index (χ2v) is 7.15. The molecule has 1 aliphatic rings. The van der Waals surface area contributed by atoms with Gasteiger partial charge in [-0.2, -0.15) is 0 Å². The van der Waals surface area contributed by atoms with E-state index in [9.17, 15) is 14.9 Å². The van der Waals surface area contributed by atoms with Crippen LogP contribution in [0.3, 0.4) is 0 Å². The van der Waals surface area contributed by atoms with Gasteiger partial charge in [-0.05, 0) is 49.1 Å². The van der Waals surface area contributed by atoms with Crippen molar-refractivity contribution in [1.29, 1.82) is 0 Å². The lowest BCUT2D eigenvalue weighted by atomic mass is 9.99. The Hall–Kier alpha value is -3.29. The Kier molecular flexibility index (Phi) is 6.54. The number of nitrogens with one attached hydrogen (secondary N) is 1. The Morgan fingerprint density at radius 1 is 1.17 bits per heavy atom. The molecule has 154 valence electrons. The number of ether oxygens (including phenoxy) is 2. The van der Waals surface area contributed by atoms with Gasteiger partial charge >= 0.3 is 0 Å². The summed E-state index contributed by atoms with van der Waals surface area (Å²) in [6, 6.07) is 11.7. The lowest BCUT2D eigenvalue weighted by Crippen LogP contribution is -2.32. The van der Waals surface area contributed by atoms with Crippen LogP contribution in [0.1, 0.15) is 19.8 Å². The fraction of sp³-hybridized carbons (Fsp3) is 0.381. The third-order valence-corrected chi connectivity index (χ3v) is 5.02. The van der Waals surface area contributed by atoms with Gasteiger partial charge in [0, 0.05) is 30.5 Å². The SMILES string of the molecule is COc1ccc([N+](=O)[O-])cc1OCC(=O)Nc1ccc(N2CCC(C)CC2)cc1. The van der Waals surface area contributed by atoms with Crippen molar-refractivity contribution in [2.45, 2.75) is 19.8 Å². The number of nitrogens with zero attached hydrogens (tertiary/aromatic N) is 2. The third kappa shape index (κ3) is 5.37. The molecule has 1 saturated heterocycles. The van der Waals surface area contributed by atoms with Crippen LogP contribution in [0.2, 0.25) is 0 Å². The van der Waals surface area contributed by atoms with Gasteiger partial charge in [0.05, 0.1) is 18.1 Å². The molecule has 1 amide bonds. The Labute approximate surface area is 169 Å². The highest BCUT2D eigenvalue weighted by Crippen LogP contribution is 2.31. The molecule has 1 N–H and O–H groups in total. The molecule has 0 saturated carbocycles. The number of anilines is 2. The number of amides is 1. The van der Waals surface area contributed by atoms with Crippen molar-refractivity contribution in [3.63, 3.8) is 0 Å². The van der Waals surface area contributed by atoms with Crippen LogP contribution in [0.25, 0.3) is 0 Å². The molecule has 0 aliphatic carbocycles. The lowest BCUT2D eigenvalue weighted by molar-refractivity contribution is -0.385. The van der Waals surface area contributed by atoms with Crippen LogP contribution in [-0.4, -0.2) is 37.6 Å². The molecule has 0 unspecified atom stereocenters. The second-order valence-electron chi connectivity index (χ2n) is 7.15. The average molecular weight is 399 g/mol. The zero-order chi connectivity index (χ0) is 20.8. The number of rotatable bonds is 7. The molecule has 1 aliphatic heterocycles. The molecule has 0 spiro atoms. The predicted molar refractivity (Wildman–Crippen MR) is 111 cm³/mol. The first kappa shape index (κ1) is 20.4. The van der Waals surface area contributed by atoms with E-state index in [-0.39, 0.29) is 24.0 Å². The predicted octanol–water partition coefficient (Wildman–Crippen LogP) is 3.86. The topological polar surface area (TPSA) is 93.9 Å². The van der Waals surface area contributed by atoms with Crippen molar-refractivity contribution in [1.82, 2.24) is 0 Å². The maximum absolute atomic E-state index is 12.2. The van der Waals surface area contributed by atoms with E-state index >= 15 is 0 Å². The van der Waals surface area contributed by atoms with Crippen LogP contribution >= 0.6 is 0 Å². The quantitative estimate of drug-likeness (QED) is 0.561. The minimum atomic E-state index is -0.531. The fourth-order valence-corrected chi connectivity index (χ4v) is 3.25. The summed E-state index contributed by atoms with van der Waals surface area (Å²) in [5, 5.41) is 13.7. The minimum Gasteiger partial charge on any atom is -0.493 e. The van der Waals surface area contributed by atoms with E-state index in [0.717, 1.165) is 24.7 Å². The molecule has 0 atom stereocenters. The number of carbonyl (C=O) groups is 1. The number of nitro benzene ring substituents is 1. The summed E-state index contributed by atoms with van der Waals surface area (Å²) in [6.07, 6.45) is 2.38. The van der Waals surface area contributed by atoms with E-state index < -0.39 is 4.92 Å². The van der Waals surface area contributed by atoms with E-state index in [4.69, 9.17) is 9.47 Å². The van der Waals surface area contributed by atoms with Gasteiger partial charge in [0.15, 0.2) is 18.1 Å². The summed E-state index contributed by atoms with van der Waals surface area (Å²) in [6.45, 7) is 4.09. The Balaban J connectivity index is 1.56. The summed E-state index contributed by atoms with van der Waals surface area (Å²) in [5.41, 5.74) is 1.68. The summed E-state index contributed by atoms with van der Waals surface area (Å²) in [7, 11) is 1.43. The second kappa shape index (κ2) is 9.27. The lowest BCUT2D eigenvalue weighted by Gasteiger charge is -2.32. The normalized spacial score (nSPS) is 14.3. The molecule has 1 fully saturated rings. The highest BCUT2D eigenvalue weighted by atomic mass is 16.6. The van der Waals surface area contributed by atoms with Gasteiger partial charge in [-0.15, -0.1) is 0 Å². The van der Waals surface area contributed by atoms with Crippen LogP contribution in [0.5, 0.6) is 11.5 Å². The summed E-state index contributed by atoms with van der Waals surface area (Å²) in [5.74, 6) is 0.878. The van der Waals surface area contributed by atoms with E-state index in [0.29, 0.717) is 11.4 Å². The van der Waals surface area contributed by atoms with Gasteiger partial charge in [-0.3, -0.25) is 14.9 Å². The molecule has 8 nitrogen and oxygen atoms in total.